The number of rotatable bonds is 9. The number of thiocarbonyl (C=S) groups is 1. The quantitative estimate of drug-likeness (QED) is 0.205. The van der Waals surface area contributed by atoms with E-state index in [-0.39, 0.29) is 17.6 Å². The fourth-order valence-corrected chi connectivity index (χ4v) is 4.80. The lowest BCUT2D eigenvalue weighted by Crippen LogP contribution is -2.31. The SMILES string of the molecule is O=C(O)c1cccc(-c2ccc([C@H]3[C@@H](c4ccccn4)NC(=S)N3CCCNc3ccccc3)o2)c1. The number of nitrogens with zero attached hydrogens (tertiary/aromatic N) is 2. The summed E-state index contributed by atoms with van der Waals surface area (Å²) in [7, 11) is 0. The largest absolute Gasteiger partial charge is 0.478 e. The number of aromatic carboxylic acids is 1. The van der Waals surface area contributed by atoms with Crippen LogP contribution in [0.2, 0.25) is 0 Å². The van der Waals surface area contributed by atoms with Crippen LogP contribution in [0.4, 0.5) is 5.69 Å². The zero-order valence-electron chi connectivity index (χ0n) is 19.5. The van der Waals surface area contributed by atoms with Gasteiger partial charge in [-0.25, -0.2) is 4.79 Å². The summed E-state index contributed by atoms with van der Waals surface area (Å²) in [6.07, 6.45) is 2.64. The van der Waals surface area contributed by atoms with Gasteiger partial charge in [-0.2, -0.15) is 0 Å². The number of anilines is 1. The van der Waals surface area contributed by atoms with E-state index in [0.717, 1.165) is 36.7 Å². The molecule has 5 rings (SSSR count). The molecule has 1 saturated heterocycles. The smallest absolute Gasteiger partial charge is 0.335 e. The molecule has 1 aliphatic rings. The Morgan fingerprint density at radius 2 is 1.89 bits per heavy atom. The summed E-state index contributed by atoms with van der Waals surface area (Å²) < 4.78 is 6.32. The second-order valence-corrected chi connectivity index (χ2v) is 8.94. The van der Waals surface area contributed by atoms with Crippen LogP contribution in [0.5, 0.6) is 0 Å². The van der Waals surface area contributed by atoms with Gasteiger partial charge in [-0.15, -0.1) is 0 Å². The molecule has 0 amide bonds. The molecule has 3 heterocycles. The van der Waals surface area contributed by atoms with Gasteiger partial charge in [0.2, 0.25) is 0 Å². The van der Waals surface area contributed by atoms with E-state index in [0.29, 0.717) is 16.4 Å². The van der Waals surface area contributed by atoms with Crippen molar-refractivity contribution in [3.8, 4) is 11.3 Å². The summed E-state index contributed by atoms with van der Waals surface area (Å²) >= 11 is 5.74. The van der Waals surface area contributed by atoms with E-state index in [9.17, 15) is 9.90 Å². The van der Waals surface area contributed by atoms with Crippen LogP contribution in [-0.4, -0.2) is 39.2 Å². The molecule has 182 valence electrons. The Labute approximate surface area is 214 Å². The molecular formula is C28H26N4O3S. The molecule has 3 N–H and O–H groups in total. The molecule has 36 heavy (non-hydrogen) atoms. The van der Waals surface area contributed by atoms with Crippen LogP contribution in [0.25, 0.3) is 11.3 Å². The first-order chi connectivity index (χ1) is 17.6. The summed E-state index contributed by atoms with van der Waals surface area (Å²) in [5, 5.41) is 16.9. The number of hydrogen-bond donors (Lipinski definition) is 3. The summed E-state index contributed by atoms with van der Waals surface area (Å²) in [4.78, 5) is 18.1. The first-order valence-corrected chi connectivity index (χ1v) is 12.2. The average molecular weight is 499 g/mol. The van der Waals surface area contributed by atoms with E-state index in [1.807, 2.05) is 66.7 Å². The van der Waals surface area contributed by atoms with Crippen molar-refractivity contribution < 1.29 is 14.3 Å². The Morgan fingerprint density at radius 1 is 1.06 bits per heavy atom. The van der Waals surface area contributed by atoms with Crippen molar-refractivity contribution in [3.05, 3.63) is 108 Å². The van der Waals surface area contributed by atoms with Gasteiger partial charge in [0.05, 0.1) is 17.3 Å². The highest BCUT2D eigenvalue weighted by atomic mass is 32.1. The molecule has 4 aromatic rings. The number of para-hydroxylation sites is 1. The van der Waals surface area contributed by atoms with E-state index >= 15 is 0 Å². The molecular weight excluding hydrogens is 472 g/mol. The summed E-state index contributed by atoms with van der Waals surface area (Å²) in [6.45, 7) is 1.53. The summed E-state index contributed by atoms with van der Waals surface area (Å²) in [5.74, 6) is 0.376. The van der Waals surface area contributed by atoms with Gasteiger partial charge >= 0.3 is 5.97 Å². The van der Waals surface area contributed by atoms with Crippen LogP contribution in [0.3, 0.4) is 0 Å². The minimum atomic E-state index is -0.973. The van der Waals surface area contributed by atoms with Crippen LogP contribution in [0.1, 0.15) is 40.3 Å². The molecule has 1 aliphatic heterocycles. The number of pyridine rings is 1. The molecule has 0 bridgehead atoms. The van der Waals surface area contributed by atoms with Gasteiger partial charge in [0.25, 0.3) is 0 Å². The highest BCUT2D eigenvalue weighted by Gasteiger charge is 2.41. The second kappa shape index (κ2) is 10.6. The van der Waals surface area contributed by atoms with Crippen molar-refractivity contribution >= 4 is 29.0 Å². The molecule has 2 atom stereocenters. The van der Waals surface area contributed by atoms with E-state index in [4.69, 9.17) is 16.6 Å². The maximum Gasteiger partial charge on any atom is 0.335 e. The van der Waals surface area contributed by atoms with Crippen LogP contribution in [-0.2, 0) is 0 Å². The summed E-state index contributed by atoms with van der Waals surface area (Å²) in [6, 6.07) is 26.1. The van der Waals surface area contributed by atoms with Crippen molar-refractivity contribution in [1.82, 2.24) is 15.2 Å². The van der Waals surface area contributed by atoms with Crippen molar-refractivity contribution in [2.24, 2.45) is 0 Å². The molecule has 0 radical (unpaired) electrons. The maximum atomic E-state index is 11.4. The third-order valence-corrected chi connectivity index (χ3v) is 6.54. The summed E-state index contributed by atoms with van der Waals surface area (Å²) in [5.41, 5.74) is 2.89. The van der Waals surface area contributed by atoms with Crippen molar-refractivity contribution in [3.63, 3.8) is 0 Å². The van der Waals surface area contributed by atoms with Gasteiger partial charge in [-0.05, 0) is 67.2 Å². The fourth-order valence-electron chi connectivity index (χ4n) is 4.47. The number of aromatic nitrogens is 1. The van der Waals surface area contributed by atoms with Crippen molar-refractivity contribution in [1.29, 1.82) is 0 Å². The Hall–Kier alpha value is -4.17. The molecule has 2 aromatic heterocycles. The maximum absolute atomic E-state index is 11.4. The number of carboxylic acids is 1. The number of carbonyl (C=O) groups is 1. The van der Waals surface area contributed by atoms with Gasteiger partial charge in [0.1, 0.15) is 17.6 Å². The number of benzene rings is 2. The van der Waals surface area contributed by atoms with Gasteiger partial charge < -0.3 is 25.1 Å². The molecule has 0 spiro atoms. The van der Waals surface area contributed by atoms with Gasteiger partial charge in [0, 0.05) is 30.5 Å². The second-order valence-electron chi connectivity index (χ2n) is 8.55. The number of carboxylic acid groups (broad SMARTS) is 1. The third kappa shape index (κ3) is 5.08. The molecule has 0 saturated carbocycles. The standard InChI is InChI=1S/C28H26N4O3S/c33-27(34)20-9-6-8-19(18-20)23-13-14-24(35-23)26-25(22-12-4-5-15-30-22)31-28(36)32(26)17-7-16-29-21-10-2-1-3-11-21/h1-6,8-15,18,25-26,29H,7,16-17H2,(H,31,36)(H,33,34)/t25-,26+/m1/s1. The molecule has 2 aromatic carbocycles. The lowest BCUT2D eigenvalue weighted by atomic mass is 10.0. The van der Waals surface area contributed by atoms with E-state index in [1.54, 1.807) is 24.4 Å². The molecule has 8 heteroatoms. The molecule has 7 nitrogen and oxygen atoms in total. The highest BCUT2D eigenvalue weighted by Crippen LogP contribution is 2.40. The minimum absolute atomic E-state index is 0.176. The first-order valence-electron chi connectivity index (χ1n) is 11.8. The minimum Gasteiger partial charge on any atom is -0.478 e. The number of hydrogen-bond acceptors (Lipinski definition) is 5. The Balaban J connectivity index is 1.39. The van der Waals surface area contributed by atoms with Crippen LogP contribution in [0, 0.1) is 0 Å². The predicted octanol–water partition coefficient (Wildman–Crippen LogP) is 5.51. The number of furan rings is 1. The number of nitrogens with one attached hydrogen (secondary N) is 2. The molecule has 1 fully saturated rings. The fraction of sp³-hybridized carbons (Fsp3) is 0.179. The normalized spacial score (nSPS) is 17.1. The van der Waals surface area contributed by atoms with E-state index in [1.165, 1.54) is 0 Å². The van der Waals surface area contributed by atoms with Crippen LogP contribution in [0.15, 0.2) is 95.5 Å². The average Bonchev–Trinajstić information content (AvgIpc) is 3.52. The van der Waals surface area contributed by atoms with Gasteiger partial charge in [0.15, 0.2) is 5.11 Å². The lowest BCUT2D eigenvalue weighted by molar-refractivity contribution is 0.0697. The van der Waals surface area contributed by atoms with Crippen molar-refractivity contribution in [2.75, 3.05) is 18.4 Å². The van der Waals surface area contributed by atoms with Crippen molar-refractivity contribution in [2.45, 2.75) is 18.5 Å². The Morgan fingerprint density at radius 3 is 2.67 bits per heavy atom. The third-order valence-electron chi connectivity index (χ3n) is 6.19. The van der Waals surface area contributed by atoms with E-state index in [2.05, 4.69) is 20.5 Å². The first kappa shape index (κ1) is 23.6. The lowest BCUT2D eigenvalue weighted by Gasteiger charge is -2.26. The molecule has 0 aliphatic carbocycles. The van der Waals surface area contributed by atoms with E-state index < -0.39 is 5.97 Å². The topological polar surface area (TPSA) is 90.6 Å². The zero-order valence-corrected chi connectivity index (χ0v) is 20.3. The highest BCUT2D eigenvalue weighted by molar-refractivity contribution is 7.80. The van der Waals surface area contributed by atoms with Gasteiger partial charge in [-0.3, -0.25) is 4.98 Å². The predicted molar refractivity (Wildman–Crippen MR) is 143 cm³/mol. The Bertz CT molecular complexity index is 1340. The van der Waals surface area contributed by atoms with Crippen LogP contribution >= 0.6 is 12.2 Å². The van der Waals surface area contributed by atoms with Gasteiger partial charge in [-0.1, -0.05) is 36.4 Å². The Kier molecular flexibility index (Phi) is 6.95. The zero-order chi connectivity index (χ0) is 24.9. The van der Waals surface area contributed by atoms with Crippen LogP contribution < -0.4 is 10.6 Å². The molecule has 0 unspecified atom stereocenters. The monoisotopic (exact) mass is 498 g/mol.